The van der Waals surface area contributed by atoms with E-state index < -0.39 is 5.41 Å². The second-order valence-corrected chi connectivity index (χ2v) is 7.38. The van der Waals surface area contributed by atoms with E-state index in [9.17, 15) is 9.59 Å². The second kappa shape index (κ2) is 10.3. The number of ether oxygens (including phenoxy) is 1. The molecular formula is C21H31NO3. The molecule has 25 heavy (non-hydrogen) atoms. The predicted octanol–water partition coefficient (Wildman–Crippen LogP) is 4.03. The van der Waals surface area contributed by atoms with E-state index in [2.05, 4.69) is 5.32 Å². The van der Waals surface area contributed by atoms with Crippen LogP contribution >= 0.6 is 0 Å². The third-order valence-electron chi connectivity index (χ3n) is 5.19. The third kappa shape index (κ3) is 6.62. The van der Waals surface area contributed by atoms with Crippen LogP contribution in [0.5, 0.6) is 0 Å². The summed E-state index contributed by atoms with van der Waals surface area (Å²) in [4.78, 5) is 24.1. The minimum Gasteiger partial charge on any atom is -0.460 e. The van der Waals surface area contributed by atoms with Crippen LogP contribution in [0.2, 0.25) is 0 Å². The fourth-order valence-corrected chi connectivity index (χ4v) is 3.38. The summed E-state index contributed by atoms with van der Waals surface area (Å²) < 4.78 is 5.62. The summed E-state index contributed by atoms with van der Waals surface area (Å²) in [6.45, 7) is 3.18. The van der Waals surface area contributed by atoms with Gasteiger partial charge in [0.05, 0.1) is 11.5 Å². The van der Waals surface area contributed by atoms with Crippen molar-refractivity contribution in [1.82, 2.24) is 5.32 Å². The summed E-state index contributed by atoms with van der Waals surface area (Å²) in [5.41, 5.74) is 0.483. The highest BCUT2D eigenvalue weighted by atomic mass is 16.5. The standard InChI is InChI=1S/C21H31NO3/c1-21(20(24)25-17-18-10-6-5-7-11-18)13-8-3-2-4-9-15-22-19(16-23)12-14-21/h5-7,10-11,16,19,22H,2-4,8-9,12-15,17H2,1H3. The first-order valence-electron chi connectivity index (χ1n) is 9.54. The number of hydrogen-bond acceptors (Lipinski definition) is 4. The lowest BCUT2D eigenvalue weighted by atomic mass is 9.79. The van der Waals surface area contributed by atoms with Gasteiger partial charge in [0.15, 0.2) is 0 Å². The molecule has 138 valence electrons. The minimum absolute atomic E-state index is 0.141. The fraction of sp³-hybridized carbons (Fsp3) is 0.619. The molecule has 2 rings (SSSR count). The van der Waals surface area contributed by atoms with Crippen LogP contribution in [0.15, 0.2) is 30.3 Å². The number of benzene rings is 1. The van der Waals surface area contributed by atoms with Gasteiger partial charge in [0.2, 0.25) is 0 Å². The number of rotatable bonds is 4. The number of hydrogen-bond donors (Lipinski definition) is 1. The Morgan fingerprint density at radius 2 is 1.88 bits per heavy atom. The van der Waals surface area contributed by atoms with Crippen molar-refractivity contribution in [2.75, 3.05) is 6.54 Å². The van der Waals surface area contributed by atoms with Crippen molar-refractivity contribution < 1.29 is 14.3 Å². The molecule has 1 aromatic carbocycles. The van der Waals surface area contributed by atoms with Crippen molar-refractivity contribution >= 4 is 12.3 Å². The van der Waals surface area contributed by atoms with E-state index in [0.717, 1.165) is 44.1 Å². The van der Waals surface area contributed by atoms with E-state index in [-0.39, 0.29) is 12.0 Å². The van der Waals surface area contributed by atoms with Gasteiger partial charge in [-0.2, -0.15) is 0 Å². The smallest absolute Gasteiger partial charge is 0.312 e. The van der Waals surface area contributed by atoms with E-state index in [0.29, 0.717) is 19.4 Å². The van der Waals surface area contributed by atoms with Gasteiger partial charge in [-0.3, -0.25) is 4.79 Å². The highest BCUT2D eigenvalue weighted by Crippen LogP contribution is 2.33. The molecule has 0 amide bonds. The molecule has 0 saturated carbocycles. The number of carbonyl (C=O) groups excluding carboxylic acids is 2. The van der Waals surface area contributed by atoms with Gasteiger partial charge >= 0.3 is 5.97 Å². The Kier molecular flexibility index (Phi) is 8.13. The molecule has 1 aromatic rings. The molecule has 1 aliphatic heterocycles. The van der Waals surface area contributed by atoms with Gasteiger partial charge in [0.25, 0.3) is 0 Å². The molecule has 0 spiro atoms. The van der Waals surface area contributed by atoms with Gasteiger partial charge in [-0.1, -0.05) is 56.0 Å². The zero-order chi connectivity index (χ0) is 18.0. The summed E-state index contributed by atoms with van der Waals surface area (Å²) >= 11 is 0. The lowest BCUT2D eigenvalue weighted by Gasteiger charge is -2.29. The molecule has 0 aromatic heterocycles. The number of carbonyl (C=O) groups is 2. The first kappa shape index (κ1) is 19.6. The summed E-state index contributed by atoms with van der Waals surface area (Å²) in [7, 11) is 0. The van der Waals surface area contributed by atoms with Crippen LogP contribution in [0.3, 0.4) is 0 Å². The SMILES string of the molecule is CC1(C(=O)OCc2ccccc2)CCCCCCCNC(C=O)CC1. The van der Waals surface area contributed by atoms with Gasteiger partial charge in [0, 0.05) is 0 Å². The summed E-state index contributed by atoms with van der Waals surface area (Å²) in [5.74, 6) is -0.141. The van der Waals surface area contributed by atoms with Crippen molar-refractivity contribution in [2.24, 2.45) is 5.41 Å². The monoisotopic (exact) mass is 345 g/mol. The topological polar surface area (TPSA) is 55.4 Å². The molecule has 1 saturated heterocycles. The maximum Gasteiger partial charge on any atom is 0.312 e. The number of esters is 1. The molecule has 2 atom stereocenters. The Morgan fingerprint density at radius 1 is 1.16 bits per heavy atom. The lowest BCUT2D eigenvalue weighted by molar-refractivity contribution is -0.157. The predicted molar refractivity (Wildman–Crippen MR) is 99.1 cm³/mol. The van der Waals surface area contributed by atoms with E-state index in [1.54, 1.807) is 0 Å². The summed E-state index contributed by atoms with van der Waals surface area (Å²) in [6, 6.07) is 9.60. The molecule has 1 N–H and O–H groups in total. The van der Waals surface area contributed by atoms with Crippen molar-refractivity contribution in [3.63, 3.8) is 0 Å². The average molecular weight is 345 g/mol. The van der Waals surface area contributed by atoms with Crippen LogP contribution in [-0.2, 0) is 20.9 Å². The van der Waals surface area contributed by atoms with Crippen LogP contribution < -0.4 is 5.32 Å². The Hall–Kier alpha value is -1.68. The molecule has 0 bridgehead atoms. The minimum atomic E-state index is -0.517. The van der Waals surface area contributed by atoms with Crippen molar-refractivity contribution in [2.45, 2.75) is 70.9 Å². The highest BCUT2D eigenvalue weighted by Gasteiger charge is 2.34. The molecule has 4 heteroatoms. The van der Waals surface area contributed by atoms with E-state index in [1.807, 2.05) is 37.3 Å². The van der Waals surface area contributed by atoms with E-state index in [1.165, 1.54) is 12.8 Å². The molecular weight excluding hydrogens is 314 g/mol. The normalized spacial score (nSPS) is 26.0. The zero-order valence-electron chi connectivity index (χ0n) is 15.3. The Labute approximate surface area is 151 Å². The van der Waals surface area contributed by atoms with Crippen molar-refractivity contribution in [1.29, 1.82) is 0 Å². The van der Waals surface area contributed by atoms with Crippen LogP contribution in [0.1, 0.15) is 63.9 Å². The first-order chi connectivity index (χ1) is 12.1. The van der Waals surface area contributed by atoms with E-state index >= 15 is 0 Å². The van der Waals surface area contributed by atoms with Crippen LogP contribution in [0, 0.1) is 5.41 Å². The quantitative estimate of drug-likeness (QED) is 0.661. The lowest BCUT2D eigenvalue weighted by Crippen LogP contribution is -2.36. The van der Waals surface area contributed by atoms with Gasteiger partial charge in [0.1, 0.15) is 12.9 Å². The molecule has 1 heterocycles. The molecule has 0 radical (unpaired) electrons. The largest absolute Gasteiger partial charge is 0.460 e. The molecule has 1 aliphatic rings. The maximum absolute atomic E-state index is 12.8. The van der Waals surface area contributed by atoms with Crippen molar-refractivity contribution in [3.8, 4) is 0 Å². The fourth-order valence-electron chi connectivity index (χ4n) is 3.38. The molecule has 0 aliphatic carbocycles. The third-order valence-corrected chi connectivity index (χ3v) is 5.19. The van der Waals surface area contributed by atoms with Gasteiger partial charge in [-0.15, -0.1) is 0 Å². The van der Waals surface area contributed by atoms with Gasteiger partial charge in [-0.25, -0.2) is 0 Å². The second-order valence-electron chi connectivity index (χ2n) is 7.38. The van der Waals surface area contributed by atoms with Crippen LogP contribution in [0.25, 0.3) is 0 Å². The average Bonchev–Trinajstić information content (AvgIpc) is 2.63. The molecule has 2 unspecified atom stereocenters. The Morgan fingerprint density at radius 3 is 2.64 bits per heavy atom. The Bertz CT molecular complexity index is 531. The van der Waals surface area contributed by atoms with Crippen LogP contribution in [-0.4, -0.2) is 24.8 Å². The molecule has 1 fully saturated rings. The first-order valence-corrected chi connectivity index (χ1v) is 9.54. The van der Waals surface area contributed by atoms with Crippen molar-refractivity contribution in [3.05, 3.63) is 35.9 Å². The Balaban J connectivity index is 1.97. The molecule has 4 nitrogen and oxygen atoms in total. The maximum atomic E-state index is 12.8. The zero-order valence-corrected chi connectivity index (χ0v) is 15.3. The summed E-state index contributed by atoms with van der Waals surface area (Å²) in [5, 5.41) is 3.30. The van der Waals surface area contributed by atoms with E-state index in [4.69, 9.17) is 4.74 Å². The number of aldehydes is 1. The highest BCUT2D eigenvalue weighted by molar-refractivity contribution is 5.76. The van der Waals surface area contributed by atoms with Crippen LogP contribution in [0.4, 0.5) is 0 Å². The number of nitrogens with one attached hydrogen (secondary N) is 1. The van der Waals surface area contributed by atoms with Gasteiger partial charge in [-0.05, 0) is 44.7 Å². The summed E-state index contributed by atoms with van der Waals surface area (Å²) in [6.07, 6.45) is 8.82. The van der Waals surface area contributed by atoms with Gasteiger partial charge < -0.3 is 14.8 Å².